The molecule has 0 saturated heterocycles. The maximum Gasteiger partial charge on any atom is 0.133 e. The van der Waals surface area contributed by atoms with Gasteiger partial charge in [-0.05, 0) is 42.6 Å². The van der Waals surface area contributed by atoms with E-state index in [0.29, 0.717) is 5.78 Å². The number of ketones is 1. The summed E-state index contributed by atoms with van der Waals surface area (Å²) in [5.41, 5.74) is 1.46. The van der Waals surface area contributed by atoms with Gasteiger partial charge in [0.05, 0.1) is 0 Å². The molecule has 1 heteroatoms. The van der Waals surface area contributed by atoms with Gasteiger partial charge in [0.15, 0.2) is 0 Å². The van der Waals surface area contributed by atoms with E-state index >= 15 is 0 Å². The molecule has 0 aromatic heterocycles. The number of Topliss-reactive ketones (excluding diaryl/α,β-unsaturated/α-hetero) is 1. The number of rotatable bonds is 6. The van der Waals surface area contributed by atoms with Gasteiger partial charge in [-0.15, -0.1) is 0 Å². The fraction of sp³-hybridized carbons (Fsp3) is 0.588. The van der Waals surface area contributed by atoms with Crippen LogP contribution < -0.4 is 0 Å². The van der Waals surface area contributed by atoms with Gasteiger partial charge in [0.1, 0.15) is 5.78 Å². The molecule has 0 heterocycles. The summed E-state index contributed by atoms with van der Waals surface area (Å²) in [5, 5.41) is 0. The zero-order valence-corrected chi connectivity index (χ0v) is 11.0. The Bertz CT molecular complexity index is 395. The molecule has 3 rings (SSSR count). The summed E-state index contributed by atoms with van der Waals surface area (Å²) in [6.45, 7) is 0. The fourth-order valence-electron chi connectivity index (χ4n) is 3.70. The van der Waals surface area contributed by atoms with Gasteiger partial charge in [0, 0.05) is 12.8 Å². The average molecular weight is 242 g/mol. The van der Waals surface area contributed by atoms with Crippen molar-refractivity contribution in [3.8, 4) is 0 Å². The van der Waals surface area contributed by atoms with Crippen LogP contribution in [-0.4, -0.2) is 5.78 Å². The Kier molecular flexibility index (Phi) is 3.49. The number of aryl methyl sites for hydroxylation is 1. The number of carbonyl (C=O) groups excluding carboxylic acids is 1. The number of fused-ring (bicyclic) bond motifs is 1. The highest BCUT2D eigenvalue weighted by atomic mass is 16.1. The average Bonchev–Trinajstić information content (AvgIpc) is 2.85. The first-order chi connectivity index (χ1) is 8.84. The quantitative estimate of drug-likeness (QED) is 0.689. The molecular weight excluding hydrogens is 220 g/mol. The van der Waals surface area contributed by atoms with Crippen molar-refractivity contribution in [3.05, 3.63) is 35.9 Å². The first kappa shape index (κ1) is 12.0. The monoisotopic (exact) mass is 242 g/mol. The fourth-order valence-corrected chi connectivity index (χ4v) is 3.70. The highest BCUT2D eigenvalue weighted by Gasteiger charge is 2.54. The highest BCUT2D eigenvalue weighted by molar-refractivity contribution is 5.82. The second-order valence-electron chi connectivity index (χ2n) is 6.02. The van der Waals surface area contributed by atoms with Crippen LogP contribution in [0.4, 0.5) is 0 Å². The molecule has 18 heavy (non-hydrogen) atoms. The third kappa shape index (κ3) is 2.66. The summed E-state index contributed by atoms with van der Waals surface area (Å²) in [6.07, 6.45) is 8.41. The minimum absolute atomic E-state index is 0.519. The van der Waals surface area contributed by atoms with Crippen molar-refractivity contribution < 1.29 is 4.79 Å². The third-order valence-corrected chi connectivity index (χ3v) is 4.78. The lowest BCUT2D eigenvalue weighted by Gasteiger charge is -2.03. The predicted octanol–water partition coefficient (Wildman–Crippen LogP) is 4.01. The van der Waals surface area contributed by atoms with Crippen LogP contribution in [0.1, 0.15) is 44.1 Å². The summed E-state index contributed by atoms with van der Waals surface area (Å²) in [4.78, 5) is 11.2. The zero-order chi connectivity index (χ0) is 12.4. The molecule has 0 spiro atoms. The van der Waals surface area contributed by atoms with E-state index < -0.39 is 0 Å². The van der Waals surface area contributed by atoms with Crippen LogP contribution in [0.25, 0.3) is 0 Å². The van der Waals surface area contributed by atoms with Crippen LogP contribution >= 0.6 is 0 Å². The second kappa shape index (κ2) is 5.26. The molecule has 1 aromatic rings. The summed E-state index contributed by atoms with van der Waals surface area (Å²) in [7, 11) is 0. The molecule has 2 aliphatic rings. The van der Waals surface area contributed by atoms with E-state index in [4.69, 9.17) is 0 Å². The van der Waals surface area contributed by atoms with E-state index in [0.717, 1.165) is 30.6 Å². The number of carbonyl (C=O) groups is 1. The van der Waals surface area contributed by atoms with Gasteiger partial charge < -0.3 is 0 Å². The summed E-state index contributed by atoms with van der Waals surface area (Å²) in [5.74, 6) is 3.03. The van der Waals surface area contributed by atoms with Crippen LogP contribution in [0.2, 0.25) is 0 Å². The SMILES string of the molecule is O=C1CC2C(CCCCCc3ccccc3)C2C1. The Morgan fingerprint density at radius 3 is 2.39 bits per heavy atom. The zero-order valence-electron chi connectivity index (χ0n) is 11.0. The van der Waals surface area contributed by atoms with Gasteiger partial charge in [-0.25, -0.2) is 0 Å². The Morgan fingerprint density at radius 2 is 1.67 bits per heavy atom. The van der Waals surface area contributed by atoms with Crippen LogP contribution in [0.15, 0.2) is 30.3 Å². The molecule has 2 aliphatic carbocycles. The molecule has 2 saturated carbocycles. The van der Waals surface area contributed by atoms with Gasteiger partial charge in [-0.2, -0.15) is 0 Å². The molecule has 96 valence electrons. The van der Waals surface area contributed by atoms with Crippen molar-refractivity contribution in [2.75, 3.05) is 0 Å². The van der Waals surface area contributed by atoms with Gasteiger partial charge in [0.2, 0.25) is 0 Å². The van der Waals surface area contributed by atoms with Crippen molar-refractivity contribution in [1.29, 1.82) is 0 Å². The third-order valence-electron chi connectivity index (χ3n) is 4.78. The van der Waals surface area contributed by atoms with Crippen LogP contribution in [0.5, 0.6) is 0 Å². The van der Waals surface area contributed by atoms with Crippen LogP contribution in [0, 0.1) is 17.8 Å². The van der Waals surface area contributed by atoms with E-state index in [1.54, 1.807) is 0 Å². The van der Waals surface area contributed by atoms with Crippen molar-refractivity contribution in [1.82, 2.24) is 0 Å². The maximum atomic E-state index is 11.2. The van der Waals surface area contributed by atoms with Crippen LogP contribution in [-0.2, 0) is 11.2 Å². The second-order valence-corrected chi connectivity index (χ2v) is 6.02. The summed E-state index contributed by atoms with van der Waals surface area (Å²) < 4.78 is 0. The van der Waals surface area contributed by atoms with Crippen molar-refractivity contribution >= 4 is 5.78 Å². The normalized spacial score (nSPS) is 29.3. The number of benzene rings is 1. The number of hydrogen-bond donors (Lipinski definition) is 0. The van der Waals surface area contributed by atoms with E-state index in [-0.39, 0.29) is 0 Å². The van der Waals surface area contributed by atoms with E-state index in [9.17, 15) is 4.79 Å². The van der Waals surface area contributed by atoms with E-state index in [2.05, 4.69) is 30.3 Å². The van der Waals surface area contributed by atoms with Gasteiger partial charge in [0.25, 0.3) is 0 Å². The molecule has 0 bridgehead atoms. The number of hydrogen-bond acceptors (Lipinski definition) is 1. The molecule has 2 fully saturated rings. The van der Waals surface area contributed by atoms with Crippen molar-refractivity contribution in [3.63, 3.8) is 0 Å². The highest BCUT2D eigenvalue weighted by Crippen LogP contribution is 2.58. The van der Waals surface area contributed by atoms with Crippen molar-refractivity contribution in [2.45, 2.75) is 44.9 Å². The van der Waals surface area contributed by atoms with E-state index in [1.807, 2.05) is 0 Å². The largest absolute Gasteiger partial charge is 0.300 e. The summed E-state index contributed by atoms with van der Waals surface area (Å²) >= 11 is 0. The molecular formula is C17H22O. The van der Waals surface area contributed by atoms with E-state index in [1.165, 1.54) is 37.7 Å². The van der Waals surface area contributed by atoms with Crippen LogP contribution in [0.3, 0.4) is 0 Å². The summed E-state index contributed by atoms with van der Waals surface area (Å²) in [6, 6.07) is 10.8. The van der Waals surface area contributed by atoms with Gasteiger partial charge >= 0.3 is 0 Å². The van der Waals surface area contributed by atoms with Crippen molar-refractivity contribution in [2.24, 2.45) is 17.8 Å². The molecule has 0 amide bonds. The lowest BCUT2D eigenvalue weighted by Crippen LogP contribution is -1.98. The first-order valence-electron chi connectivity index (χ1n) is 7.40. The van der Waals surface area contributed by atoms with Gasteiger partial charge in [-0.3, -0.25) is 4.79 Å². The maximum absolute atomic E-state index is 11.2. The lowest BCUT2D eigenvalue weighted by molar-refractivity contribution is -0.118. The Balaban J connectivity index is 1.27. The molecule has 1 nitrogen and oxygen atoms in total. The molecule has 0 N–H and O–H groups in total. The molecule has 1 aromatic carbocycles. The molecule has 2 atom stereocenters. The topological polar surface area (TPSA) is 17.1 Å². The Morgan fingerprint density at radius 1 is 0.944 bits per heavy atom. The Hall–Kier alpha value is -1.11. The molecule has 2 unspecified atom stereocenters. The Labute approximate surface area is 110 Å². The lowest BCUT2D eigenvalue weighted by atomic mass is 10.0. The predicted molar refractivity (Wildman–Crippen MR) is 73.3 cm³/mol. The standard InChI is InChI=1S/C17H22O/c18-14-11-16-15(17(16)12-14)10-6-2-5-9-13-7-3-1-4-8-13/h1,3-4,7-8,15-17H,2,5-6,9-12H2. The minimum atomic E-state index is 0.519. The van der Waals surface area contributed by atoms with Gasteiger partial charge in [-0.1, -0.05) is 43.2 Å². The minimum Gasteiger partial charge on any atom is -0.300 e. The smallest absolute Gasteiger partial charge is 0.133 e. The molecule has 0 aliphatic heterocycles. The molecule has 0 radical (unpaired) electrons. The number of unbranched alkanes of at least 4 members (excludes halogenated alkanes) is 2. The first-order valence-corrected chi connectivity index (χ1v) is 7.40.